The maximum absolute atomic E-state index is 11.8. The average molecular weight is 319 g/mol. The number of nitrogens with one attached hydrogen (secondary N) is 2. The van der Waals surface area contributed by atoms with Crippen LogP contribution < -0.4 is 15.4 Å². The Morgan fingerprint density at radius 2 is 1.95 bits per heavy atom. The number of benzene rings is 2. The van der Waals surface area contributed by atoms with Crippen molar-refractivity contribution in [3.8, 4) is 5.75 Å². The molecule has 0 aliphatic rings. The Balaban J connectivity index is 1.70. The van der Waals surface area contributed by atoms with Crippen molar-refractivity contribution < 1.29 is 9.53 Å². The fourth-order valence-corrected chi connectivity index (χ4v) is 2.07. The van der Waals surface area contributed by atoms with E-state index in [-0.39, 0.29) is 5.91 Å². The minimum absolute atomic E-state index is 0.00495. The normalized spacial score (nSPS) is 10.1. The van der Waals surface area contributed by atoms with Gasteiger partial charge in [-0.05, 0) is 29.8 Å². The quantitative estimate of drug-likeness (QED) is 0.822. The van der Waals surface area contributed by atoms with Gasteiger partial charge in [-0.3, -0.25) is 4.79 Å². The monoisotopic (exact) mass is 318 g/mol. The van der Waals surface area contributed by atoms with Crippen molar-refractivity contribution in [2.24, 2.45) is 0 Å². The molecule has 2 aromatic rings. The largest absolute Gasteiger partial charge is 0.497 e. The summed E-state index contributed by atoms with van der Waals surface area (Å²) in [6, 6.07) is 15.0. The molecule has 2 rings (SSSR count). The Morgan fingerprint density at radius 3 is 2.68 bits per heavy atom. The molecule has 0 aliphatic heterocycles. The first-order valence-electron chi connectivity index (χ1n) is 7.06. The van der Waals surface area contributed by atoms with Crippen molar-refractivity contribution in [1.29, 1.82) is 0 Å². The molecule has 0 radical (unpaired) electrons. The Kier molecular flexibility index (Phi) is 6.10. The number of ether oxygens (including phenoxy) is 1. The molecule has 0 aromatic heterocycles. The Morgan fingerprint density at radius 1 is 1.18 bits per heavy atom. The number of carbonyl (C=O) groups excluding carboxylic acids is 1. The Hall–Kier alpha value is -2.20. The van der Waals surface area contributed by atoms with E-state index in [2.05, 4.69) is 10.6 Å². The third kappa shape index (κ3) is 5.30. The van der Waals surface area contributed by atoms with Crippen LogP contribution in [0.4, 0.5) is 5.69 Å². The Bertz CT molecular complexity index is 614. The highest BCUT2D eigenvalue weighted by molar-refractivity contribution is 6.30. The van der Waals surface area contributed by atoms with E-state index in [0.717, 1.165) is 17.0 Å². The zero-order valence-corrected chi connectivity index (χ0v) is 13.2. The van der Waals surface area contributed by atoms with Crippen LogP contribution in [-0.4, -0.2) is 19.6 Å². The first kappa shape index (κ1) is 16.2. The summed E-state index contributed by atoms with van der Waals surface area (Å²) in [6.45, 7) is 1.08. The van der Waals surface area contributed by atoms with Crippen LogP contribution in [0.15, 0.2) is 48.5 Å². The van der Waals surface area contributed by atoms with Crippen LogP contribution in [-0.2, 0) is 11.3 Å². The molecule has 2 aromatic carbocycles. The van der Waals surface area contributed by atoms with Gasteiger partial charge in [-0.2, -0.15) is 0 Å². The number of carbonyl (C=O) groups is 1. The van der Waals surface area contributed by atoms with Crippen LogP contribution in [0.25, 0.3) is 0 Å². The molecular weight excluding hydrogens is 300 g/mol. The standard InChI is InChI=1S/C17H19ClN2O2/c1-22-16-4-2-3-15(11-16)19-10-9-17(21)20-12-13-5-7-14(18)8-6-13/h2-8,11,19H,9-10,12H2,1H3,(H,20,21). The van der Waals surface area contributed by atoms with E-state index in [1.165, 1.54) is 0 Å². The number of halogens is 1. The van der Waals surface area contributed by atoms with Crippen molar-refractivity contribution in [2.75, 3.05) is 19.0 Å². The van der Waals surface area contributed by atoms with E-state index in [1.54, 1.807) is 7.11 Å². The van der Waals surface area contributed by atoms with E-state index in [9.17, 15) is 4.79 Å². The van der Waals surface area contributed by atoms with Gasteiger partial charge in [0.15, 0.2) is 0 Å². The van der Waals surface area contributed by atoms with Gasteiger partial charge in [0.05, 0.1) is 7.11 Å². The lowest BCUT2D eigenvalue weighted by molar-refractivity contribution is -0.121. The lowest BCUT2D eigenvalue weighted by atomic mass is 10.2. The maximum atomic E-state index is 11.8. The molecule has 1 amide bonds. The van der Waals surface area contributed by atoms with E-state index < -0.39 is 0 Å². The van der Waals surface area contributed by atoms with Crippen LogP contribution in [0.2, 0.25) is 5.02 Å². The molecule has 0 heterocycles. The van der Waals surface area contributed by atoms with E-state index >= 15 is 0 Å². The third-order valence-electron chi connectivity index (χ3n) is 3.15. The fourth-order valence-electron chi connectivity index (χ4n) is 1.94. The van der Waals surface area contributed by atoms with Gasteiger partial charge < -0.3 is 15.4 Å². The van der Waals surface area contributed by atoms with E-state index in [0.29, 0.717) is 24.5 Å². The first-order valence-corrected chi connectivity index (χ1v) is 7.44. The van der Waals surface area contributed by atoms with Crippen molar-refractivity contribution >= 4 is 23.2 Å². The molecule has 0 saturated carbocycles. The summed E-state index contributed by atoms with van der Waals surface area (Å²) in [7, 11) is 1.63. The van der Waals surface area contributed by atoms with Crippen LogP contribution in [0.5, 0.6) is 5.75 Å². The van der Waals surface area contributed by atoms with Crippen molar-refractivity contribution in [3.63, 3.8) is 0 Å². The lowest BCUT2D eigenvalue weighted by Crippen LogP contribution is -2.24. The van der Waals surface area contributed by atoms with Crippen LogP contribution in [0, 0.1) is 0 Å². The van der Waals surface area contributed by atoms with Crippen LogP contribution in [0.1, 0.15) is 12.0 Å². The summed E-state index contributed by atoms with van der Waals surface area (Å²) < 4.78 is 5.15. The summed E-state index contributed by atoms with van der Waals surface area (Å²) in [4.78, 5) is 11.8. The number of hydrogen-bond acceptors (Lipinski definition) is 3. The zero-order chi connectivity index (χ0) is 15.8. The van der Waals surface area contributed by atoms with Gasteiger partial charge in [-0.1, -0.05) is 29.8 Å². The highest BCUT2D eigenvalue weighted by atomic mass is 35.5. The number of hydrogen-bond donors (Lipinski definition) is 2. The van der Waals surface area contributed by atoms with Crippen molar-refractivity contribution in [2.45, 2.75) is 13.0 Å². The third-order valence-corrected chi connectivity index (χ3v) is 3.41. The topological polar surface area (TPSA) is 50.4 Å². The van der Waals surface area contributed by atoms with Gasteiger partial charge in [-0.25, -0.2) is 0 Å². The summed E-state index contributed by atoms with van der Waals surface area (Å²) in [5, 5.41) is 6.77. The summed E-state index contributed by atoms with van der Waals surface area (Å²) in [5.74, 6) is 0.794. The molecule has 0 bridgehead atoms. The molecule has 0 saturated heterocycles. The number of amides is 1. The number of rotatable bonds is 7. The average Bonchev–Trinajstić information content (AvgIpc) is 2.54. The minimum atomic E-state index is 0.00495. The molecule has 0 fully saturated rings. The SMILES string of the molecule is COc1cccc(NCCC(=O)NCc2ccc(Cl)cc2)c1. The minimum Gasteiger partial charge on any atom is -0.497 e. The highest BCUT2D eigenvalue weighted by Gasteiger charge is 2.02. The summed E-state index contributed by atoms with van der Waals surface area (Å²) >= 11 is 5.82. The fraction of sp³-hybridized carbons (Fsp3) is 0.235. The Labute approximate surface area is 135 Å². The van der Waals surface area contributed by atoms with Gasteiger partial charge in [0, 0.05) is 36.3 Å². The predicted octanol–water partition coefficient (Wildman–Crippen LogP) is 3.47. The molecule has 0 atom stereocenters. The first-order chi connectivity index (χ1) is 10.7. The van der Waals surface area contributed by atoms with Crippen molar-refractivity contribution in [3.05, 3.63) is 59.1 Å². The second-order valence-corrected chi connectivity index (χ2v) is 5.25. The molecule has 22 heavy (non-hydrogen) atoms. The van der Waals surface area contributed by atoms with E-state index in [4.69, 9.17) is 16.3 Å². The second kappa shape index (κ2) is 8.29. The summed E-state index contributed by atoms with van der Waals surface area (Å²) in [5.41, 5.74) is 1.96. The van der Waals surface area contributed by atoms with Gasteiger partial charge in [0.1, 0.15) is 5.75 Å². The molecule has 0 spiro atoms. The molecular formula is C17H19ClN2O2. The smallest absolute Gasteiger partial charge is 0.222 e. The lowest BCUT2D eigenvalue weighted by Gasteiger charge is -2.09. The van der Waals surface area contributed by atoms with Gasteiger partial charge >= 0.3 is 0 Å². The van der Waals surface area contributed by atoms with Crippen molar-refractivity contribution in [1.82, 2.24) is 5.32 Å². The highest BCUT2D eigenvalue weighted by Crippen LogP contribution is 2.16. The van der Waals surface area contributed by atoms with Gasteiger partial charge in [0.2, 0.25) is 5.91 Å². The number of methoxy groups -OCH3 is 1. The molecule has 2 N–H and O–H groups in total. The second-order valence-electron chi connectivity index (χ2n) is 4.81. The molecule has 0 unspecified atom stereocenters. The van der Waals surface area contributed by atoms with Gasteiger partial charge in [0.25, 0.3) is 0 Å². The van der Waals surface area contributed by atoms with Crippen LogP contribution >= 0.6 is 11.6 Å². The molecule has 5 heteroatoms. The molecule has 116 valence electrons. The zero-order valence-electron chi connectivity index (χ0n) is 12.4. The molecule has 0 aliphatic carbocycles. The maximum Gasteiger partial charge on any atom is 0.222 e. The summed E-state index contributed by atoms with van der Waals surface area (Å²) in [6.07, 6.45) is 0.408. The van der Waals surface area contributed by atoms with Gasteiger partial charge in [-0.15, -0.1) is 0 Å². The molecule has 4 nitrogen and oxygen atoms in total. The van der Waals surface area contributed by atoms with E-state index in [1.807, 2.05) is 48.5 Å². The number of anilines is 1. The predicted molar refractivity (Wildman–Crippen MR) is 89.4 cm³/mol. The van der Waals surface area contributed by atoms with Crippen LogP contribution in [0.3, 0.4) is 0 Å².